The molecule has 1 atom stereocenters. The minimum absolute atomic E-state index is 0.0188. The van der Waals surface area contributed by atoms with Crippen LogP contribution in [0.1, 0.15) is 32.8 Å². The van der Waals surface area contributed by atoms with Crippen molar-refractivity contribution < 1.29 is 4.79 Å². The molecule has 2 aliphatic rings. The summed E-state index contributed by atoms with van der Waals surface area (Å²) in [5.41, 5.74) is 3.00. The molecule has 2 aliphatic heterocycles. The fourth-order valence-electron chi connectivity index (χ4n) is 4.78. The smallest absolute Gasteiger partial charge is 0.321 e. The second-order valence-corrected chi connectivity index (χ2v) is 9.69. The Morgan fingerprint density at radius 1 is 1.00 bits per heavy atom. The second-order valence-electron chi connectivity index (χ2n) is 9.28. The van der Waals surface area contributed by atoms with E-state index in [-0.39, 0.29) is 11.4 Å². The monoisotopic (exact) mass is 440 g/mol. The van der Waals surface area contributed by atoms with Crippen LogP contribution in [-0.4, -0.2) is 61.1 Å². The van der Waals surface area contributed by atoms with Crippen LogP contribution >= 0.6 is 11.6 Å². The summed E-state index contributed by atoms with van der Waals surface area (Å²) in [6.07, 6.45) is 0.955. The summed E-state index contributed by atoms with van der Waals surface area (Å²) in [6, 6.07) is 16.8. The lowest BCUT2D eigenvalue weighted by Crippen LogP contribution is -2.49. The maximum absolute atomic E-state index is 13.2. The molecule has 2 amide bonds. The van der Waals surface area contributed by atoms with Crippen LogP contribution in [0.4, 0.5) is 16.2 Å². The Bertz CT molecular complexity index is 911. The highest BCUT2D eigenvalue weighted by Crippen LogP contribution is 2.37. The minimum atomic E-state index is -0.0742. The van der Waals surface area contributed by atoms with Crippen LogP contribution in [0.3, 0.4) is 0 Å². The Morgan fingerprint density at radius 3 is 2.39 bits per heavy atom. The number of carbonyl (C=O) groups excluding carboxylic acids is 1. The van der Waals surface area contributed by atoms with Crippen LogP contribution < -0.4 is 10.2 Å². The van der Waals surface area contributed by atoms with Gasteiger partial charge >= 0.3 is 6.03 Å². The molecule has 0 saturated carbocycles. The molecule has 2 aromatic carbocycles. The van der Waals surface area contributed by atoms with Gasteiger partial charge in [-0.05, 0) is 38.0 Å². The predicted molar refractivity (Wildman–Crippen MR) is 129 cm³/mol. The van der Waals surface area contributed by atoms with E-state index in [1.807, 2.05) is 23.1 Å². The van der Waals surface area contributed by atoms with E-state index >= 15 is 0 Å². The van der Waals surface area contributed by atoms with Gasteiger partial charge in [0.1, 0.15) is 0 Å². The van der Waals surface area contributed by atoms with Crippen LogP contribution in [0.5, 0.6) is 0 Å². The van der Waals surface area contributed by atoms with Gasteiger partial charge < -0.3 is 15.1 Å². The molecule has 5 nitrogen and oxygen atoms in total. The number of hydrogen-bond donors (Lipinski definition) is 1. The quantitative estimate of drug-likeness (QED) is 0.721. The first kappa shape index (κ1) is 22.0. The Hall–Kier alpha value is -2.24. The van der Waals surface area contributed by atoms with Gasteiger partial charge in [-0.15, -0.1) is 0 Å². The van der Waals surface area contributed by atoms with Crippen molar-refractivity contribution in [2.24, 2.45) is 0 Å². The van der Waals surface area contributed by atoms with E-state index in [4.69, 9.17) is 11.6 Å². The van der Waals surface area contributed by atoms with Crippen LogP contribution in [-0.2, 0) is 5.41 Å². The summed E-state index contributed by atoms with van der Waals surface area (Å²) >= 11 is 6.56. The average Bonchev–Trinajstić information content (AvgIpc) is 3.19. The van der Waals surface area contributed by atoms with E-state index < -0.39 is 0 Å². The van der Waals surface area contributed by atoms with Gasteiger partial charge in [-0.25, -0.2) is 4.79 Å². The molecule has 4 rings (SSSR count). The van der Waals surface area contributed by atoms with E-state index in [1.54, 1.807) is 0 Å². The third kappa shape index (κ3) is 4.68. The number of para-hydroxylation sites is 1. The number of carbonyl (C=O) groups is 1. The van der Waals surface area contributed by atoms with Gasteiger partial charge in [0.05, 0.1) is 16.4 Å². The molecule has 1 N–H and O–H groups in total. The zero-order valence-corrected chi connectivity index (χ0v) is 19.5. The molecular formula is C25H33ClN4O. The van der Waals surface area contributed by atoms with Crippen molar-refractivity contribution in [1.29, 1.82) is 0 Å². The summed E-state index contributed by atoms with van der Waals surface area (Å²) < 4.78 is 0. The number of rotatable bonds is 4. The second kappa shape index (κ2) is 9.09. The van der Waals surface area contributed by atoms with Crippen molar-refractivity contribution in [1.82, 2.24) is 9.80 Å². The number of anilines is 2. The van der Waals surface area contributed by atoms with Crippen molar-refractivity contribution >= 4 is 29.0 Å². The summed E-state index contributed by atoms with van der Waals surface area (Å²) in [6.45, 7) is 12.0. The number of amides is 2. The molecule has 0 radical (unpaired) electrons. The molecule has 0 bridgehead atoms. The molecule has 0 unspecified atom stereocenters. The van der Waals surface area contributed by atoms with Gasteiger partial charge in [-0.3, -0.25) is 4.90 Å². The lowest BCUT2D eigenvalue weighted by Gasteiger charge is -2.39. The van der Waals surface area contributed by atoms with E-state index in [1.165, 1.54) is 5.56 Å². The molecule has 2 saturated heterocycles. The Kier molecular flexibility index (Phi) is 6.44. The standard InChI is InChI=1S/C25H33ClN4O/c1-19(2)28-14-16-29(17-15-28)22-11-7-10-21(26)23(22)27-24(31)30-13-12-25(3,18-30)20-8-5-4-6-9-20/h4-11,19H,12-18H2,1-3H3,(H,27,31)/t25-/m1/s1. The lowest BCUT2D eigenvalue weighted by atomic mass is 9.82. The van der Waals surface area contributed by atoms with Gasteiger partial charge in [0.15, 0.2) is 0 Å². The van der Waals surface area contributed by atoms with Crippen molar-refractivity contribution in [2.45, 2.75) is 38.6 Å². The molecule has 0 spiro atoms. The van der Waals surface area contributed by atoms with Crippen LogP contribution in [0, 0.1) is 0 Å². The molecule has 166 valence electrons. The molecular weight excluding hydrogens is 408 g/mol. The van der Waals surface area contributed by atoms with Crippen LogP contribution in [0.25, 0.3) is 0 Å². The van der Waals surface area contributed by atoms with Crippen molar-refractivity contribution in [3.8, 4) is 0 Å². The number of urea groups is 1. The average molecular weight is 441 g/mol. The number of nitrogens with one attached hydrogen (secondary N) is 1. The Labute approximate surface area is 191 Å². The highest BCUT2D eigenvalue weighted by atomic mass is 35.5. The maximum Gasteiger partial charge on any atom is 0.321 e. The molecule has 6 heteroatoms. The third-order valence-electron chi connectivity index (χ3n) is 6.84. The van der Waals surface area contributed by atoms with Gasteiger partial charge in [0.2, 0.25) is 0 Å². The number of hydrogen-bond acceptors (Lipinski definition) is 3. The molecule has 31 heavy (non-hydrogen) atoms. The van der Waals surface area contributed by atoms with Crippen molar-refractivity contribution in [3.63, 3.8) is 0 Å². The zero-order valence-electron chi connectivity index (χ0n) is 18.8. The van der Waals surface area contributed by atoms with E-state index in [9.17, 15) is 4.79 Å². The summed E-state index contributed by atoms with van der Waals surface area (Å²) in [7, 11) is 0. The zero-order chi connectivity index (χ0) is 22.0. The van der Waals surface area contributed by atoms with E-state index in [0.29, 0.717) is 17.6 Å². The van der Waals surface area contributed by atoms with Gasteiger partial charge in [-0.2, -0.15) is 0 Å². The van der Waals surface area contributed by atoms with E-state index in [0.717, 1.165) is 50.5 Å². The Morgan fingerprint density at radius 2 is 1.71 bits per heavy atom. The number of likely N-dealkylation sites (tertiary alicyclic amines) is 1. The summed E-state index contributed by atoms with van der Waals surface area (Å²) in [4.78, 5) is 19.9. The molecule has 2 aromatic rings. The molecule has 2 fully saturated rings. The Balaban J connectivity index is 1.47. The first-order valence-electron chi connectivity index (χ1n) is 11.3. The fourth-order valence-corrected chi connectivity index (χ4v) is 4.99. The van der Waals surface area contributed by atoms with Crippen LogP contribution in [0.15, 0.2) is 48.5 Å². The largest absolute Gasteiger partial charge is 0.367 e. The van der Waals surface area contributed by atoms with Crippen LogP contribution in [0.2, 0.25) is 5.02 Å². The molecule has 0 aliphatic carbocycles. The van der Waals surface area contributed by atoms with E-state index in [2.05, 4.69) is 66.2 Å². The van der Waals surface area contributed by atoms with Gasteiger partial charge in [0, 0.05) is 50.7 Å². The van der Waals surface area contributed by atoms with Crippen molar-refractivity contribution in [3.05, 3.63) is 59.1 Å². The number of piperazine rings is 1. The topological polar surface area (TPSA) is 38.8 Å². The fraction of sp³-hybridized carbons (Fsp3) is 0.480. The summed E-state index contributed by atoms with van der Waals surface area (Å²) in [5.74, 6) is 0. The predicted octanol–water partition coefficient (Wildman–Crippen LogP) is 5.07. The van der Waals surface area contributed by atoms with Gasteiger partial charge in [0.25, 0.3) is 0 Å². The molecule has 0 aromatic heterocycles. The highest BCUT2D eigenvalue weighted by molar-refractivity contribution is 6.34. The molecule has 2 heterocycles. The number of nitrogens with zero attached hydrogens (tertiary/aromatic N) is 3. The lowest BCUT2D eigenvalue weighted by molar-refractivity contribution is 0.209. The number of benzene rings is 2. The minimum Gasteiger partial charge on any atom is -0.367 e. The number of halogens is 1. The maximum atomic E-state index is 13.2. The normalized spacial score (nSPS) is 22.2. The third-order valence-corrected chi connectivity index (χ3v) is 7.16. The van der Waals surface area contributed by atoms with Gasteiger partial charge in [-0.1, -0.05) is 54.9 Å². The first-order valence-corrected chi connectivity index (χ1v) is 11.6. The SMILES string of the molecule is CC(C)N1CCN(c2cccc(Cl)c2NC(=O)N2CC[C@@](C)(c3ccccc3)C2)CC1. The highest BCUT2D eigenvalue weighted by Gasteiger charge is 2.37. The first-order chi connectivity index (χ1) is 14.9. The van der Waals surface area contributed by atoms with Crippen molar-refractivity contribution in [2.75, 3.05) is 49.5 Å². The summed E-state index contributed by atoms with van der Waals surface area (Å²) in [5, 5.41) is 3.73.